The molecule has 1 aromatic carbocycles. The predicted molar refractivity (Wildman–Crippen MR) is 97.4 cm³/mol. The molecule has 1 aliphatic carbocycles. The Bertz CT molecular complexity index is 685. The van der Waals surface area contributed by atoms with Gasteiger partial charge in [-0.25, -0.2) is 0 Å². The van der Waals surface area contributed by atoms with Crippen LogP contribution in [0.25, 0.3) is 0 Å². The minimum atomic E-state index is 0.137. The minimum absolute atomic E-state index is 0.137. The normalized spacial score (nSPS) is 21.2. The first kappa shape index (κ1) is 16.4. The van der Waals surface area contributed by atoms with E-state index < -0.39 is 0 Å². The Morgan fingerprint density at radius 1 is 1.16 bits per heavy atom. The van der Waals surface area contributed by atoms with Crippen LogP contribution in [0.1, 0.15) is 36.1 Å². The van der Waals surface area contributed by atoms with E-state index in [2.05, 4.69) is 34.5 Å². The number of hydrogen-bond acceptors (Lipinski definition) is 3. The fourth-order valence-corrected chi connectivity index (χ4v) is 4.24. The molecule has 4 heteroatoms. The molecule has 1 aromatic heterocycles. The first-order chi connectivity index (χ1) is 12.3. The van der Waals surface area contributed by atoms with Crippen LogP contribution >= 0.6 is 0 Å². The zero-order chi connectivity index (χ0) is 17.1. The maximum Gasteiger partial charge on any atom is 0.220 e. The van der Waals surface area contributed by atoms with E-state index >= 15 is 0 Å². The van der Waals surface area contributed by atoms with Crippen molar-refractivity contribution >= 4 is 5.91 Å². The van der Waals surface area contributed by atoms with Crippen molar-refractivity contribution in [3.8, 4) is 0 Å². The van der Waals surface area contributed by atoms with Crippen molar-refractivity contribution in [2.75, 3.05) is 13.1 Å². The van der Waals surface area contributed by atoms with E-state index in [-0.39, 0.29) is 11.9 Å². The number of aryl methyl sites for hydroxylation is 1. The first-order valence-electron chi connectivity index (χ1n) is 9.40. The van der Waals surface area contributed by atoms with Gasteiger partial charge < -0.3 is 9.73 Å². The highest BCUT2D eigenvalue weighted by molar-refractivity contribution is 5.76. The van der Waals surface area contributed by atoms with Gasteiger partial charge in [0, 0.05) is 31.5 Å². The van der Waals surface area contributed by atoms with Crippen LogP contribution in [0.5, 0.6) is 0 Å². The van der Waals surface area contributed by atoms with Gasteiger partial charge in [-0.1, -0.05) is 24.3 Å². The van der Waals surface area contributed by atoms with Gasteiger partial charge in [0.15, 0.2) is 0 Å². The van der Waals surface area contributed by atoms with E-state index in [1.165, 1.54) is 11.1 Å². The molecule has 4 nitrogen and oxygen atoms in total. The highest BCUT2D eigenvalue weighted by Gasteiger charge is 2.30. The average Bonchev–Trinajstić information content (AvgIpc) is 3.29. The number of carbonyl (C=O) groups is 1. The number of carbonyl (C=O) groups excluding carboxylic acids is 1. The van der Waals surface area contributed by atoms with Crippen LogP contribution in [-0.4, -0.2) is 36.0 Å². The molecule has 0 spiro atoms. The van der Waals surface area contributed by atoms with Crippen molar-refractivity contribution in [1.82, 2.24) is 10.2 Å². The van der Waals surface area contributed by atoms with Crippen LogP contribution in [-0.2, 0) is 24.1 Å². The fraction of sp³-hybridized carbons (Fsp3) is 0.476. The summed E-state index contributed by atoms with van der Waals surface area (Å²) in [4.78, 5) is 14.8. The lowest BCUT2D eigenvalue weighted by Gasteiger charge is -2.37. The second-order valence-corrected chi connectivity index (χ2v) is 7.31. The third kappa shape index (κ3) is 3.96. The van der Waals surface area contributed by atoms with E-state index in [9.17, 15) is 4.79 Å². The van der Waals surface area contributed by atoms with Gasteiger partial charge in [0.2, 0.25) is 5.91 Å². The van der Waals surface area contributed by atoms with Crippen LogP contribution in [0.4, 0.5) is 0 Å². The van der Waals surface area contributed by atoms with E-state index in [0.29, 0.717) is 18.9 Å². The molecule has 25 heavy (non-hydrogen) atoms. The van der Waals surface area contributed by atoms with Gasteiger partial charge in [0.05, 0.1) is 6.26 Å². The molecule has 1 saturated heterocycles. The molecular formula is C21H26N2O2. The zero-order valence-electron chi connectivity index (χ0n) is 14.6. The van der Waals surface area contributed by atoms with E-state index in [1.807, 2.05) is 12.1 Å². The van der Waals surface area contributed by atoms with Crippen LogP contribution in [0, 0.1) is 0 Å². The lowest BCUT2D eigenvalue weighted by Crippen LogP contribution is -2.51. The molecule has 0 saturated carbocycles. The maximum absolute atomic E-state index is 12.2. The largest absolute Gasteiger partial charge is 0.469 e. The number of rotatable bonds is 5. The molecule has 1 amide bonds. The van der Waals surface area contributed by atoms with Crippen molar-refractivity contribution in [3.05, 3.63) is 59.5 Å². The number of benzene rings is 1. The number of amides is 1. The third-order valence-corrected chi connectivity index (χ3v) is 5.54. The molecule has 1 unspecified atom stereocenters. The quantitative estimate of drug-likeness (QED) is 0.912. The number of fused-ring (bicyclic) bond motifs is 1. The summed E-state index contributed by atoms with van der Waals surface area (Å²) in [5.41, 5.74) is 2.99. The van der Waals surface area contributed by atoms with E-state index in [4.69, 9.17) is 4.42 Å². The molecule has 2 aromatic rings. The first-order valence-corrected chi connectivity index (χ1v) is 9.40. The lowest BCUT2D eigenvalue weighted by molar-refractivity contribution is -0.122. The molecule has 2 aliphatic rings. The number of nitrogens with zero attached hydrogens (tertiary/aromatic N) is 1. The van der Waals surface area contributed by atoms with Gasteiger partial charge in [-0.2, -0.15) is 0 Å². The molecule has 1 fully saturated rings. The summed E-state index contributed by atoms with van der Waals surface area (Å²) in [6, 6.07) is 13.5. The summed E-state index contributed by atoms with van der Waals surface area (Å²) in [6.07, 6.45) is 7.38. The third-order valence-electron chi connectivity index (χ3n) is 5.54. The Kier molecular flexibility index (Phi) is 4.88. The molecule has 1 aliphatic heterocycles. The van der Waals surface area contributed by atoms with Crippen molar-refractivity contribution in [3.63, 3.8) is 0 Å². The number of nitrogens with one attached hydrogen (secondary N) is 1. The molecule has 0 bridgehead atoms. The van der Waals surface area contributed by atoms with Gasteiger partial charge in [-0.3, -0.25) is 9.69 Å². The predicted octanol–water partition coefficient (Wildman–Crippen LogP) is 2.96. The summed E-state index contributed by atoms with van der Waals surface area (Å²) in [5, 5.41) is 3.23. The lowest BCUT2D eigenvalue weighted by atomic mass is 10.0. The standard InChI is InChI=1S/C21H26N2O2/c24-21(10-9-20-8-4-12-25-20)22-18-7-3-11-23(15-18)19-13-16-5-1-2-6-17(16)14-19/h1-2,4-6,8,12,18-19H,3,7,9-11,13-15H2,(H,22,24). The Balaban J connectivity index is 1.27. The SMILES string of the molecule is O=C(CCc1ccco1)NC1CCCN(C2Cc3ccccc3C2)C1. The number of piperidine rings is 1. The molecule has 4 rings (SSSR count). The van der Waals surface area contributed by atoms with Gasteiger partial charge in [-0.05, 0) is 55.5 Å². The summed E-state index contributed by atoms with van der Waals surface area (Å²) >= 11 is 0. The zero-order valence-corrected chi connectivity index (χ0v) is 14.6. The Morgan fingerprint density at radius 3 is 2.68 bits per heavy atom. The number of likely N-dealkylation sites (tertiary alicyclic amines) is 1. The summed E-state index contributed by atoms with van der Waals surface area (Å²) in [5.74, 6) is 1.02. The number of hydrogen-bond donors (Lipinski definition) is 1. The van der Waals surface area contributed by atoms with Crippen LogP contribution < -0.4 is 5.32 Å². The van der Waals surface area contributed by atoms with Crippen molar-refractivity contribution in [2.45, 2.75) is 50.6 Å². The average molecular weight is 338 g/mol. The topological polar surface area (TPSA) is 45.5 Å². The summed E-state index contributed by atoms with van der Waals surface area (Å²) in [7, 11) is 0. The highest BCUT2D eigenvalue weighted by Crippen LogP contribution is 2.27. The summed E-state index contributed by atoms with van der Waals surface area (Å²) < 4.78 is 5.30. The monoisotopic (exact) mass is 338 g/mol. The van der Waals surface area contributed by atoms with Crippen LogP contribution in [0.15, 0.2) is 47.1 Å². The Morgan fingerprint density at radius 2 is 1.96 bits per heavy atom. The Labute approximate surface area is 149 Å². The molecule has 1 atom stereocenters. The highest BCUT2D eigenvalue weighted by atomic mass is 16.3. The molecule has 132 valence electrons. The second-order valence-electron chi connectivity index (χ2n) is 7.31. The molecule has 1 N–H and O–H groups in total. The van der Waals surface area contributed by atoms with E-state index in [0.717, 1.165) is 44.5 Å². The fourth-order valence-electron chi connectivity index (χ4n) is 4.24. The van der Waals surface area contributed by atoms with Gasteiger partial charge in [-0.15, -0.1) is 0 Å². The number of furan rings is 1. The van der Waals surface area contributed by atoms with Crippen molar-refractivity contribution in [1.29, 1.82) is 0 Å². The summed E-state index contributed by atoms with van der Waals surface area (Å²) in [6.45, 7) is 2.13. The smallest absolute Gasteiger partial charge is 0.220 e. The van der Waals surface area contributed by atoms with Gasteiger partial charge in [0.25, 0.3) is 0 Å². The molecular weight excluding hydrogens is 312 g/mol. The second kappa shape index (κ2) is 7.44. The van der Waals surface area contributed by atoms with Crippen molar-refractivity contribution in [2.24, 2.45) is 0 Å². The van der Waals surface area contributed by atoms with Gasteiger partial charge >= 0.3 is 0 Å². The van der Waals surface area contributed by atoms with E-state index in [1.54, 1.807) is 6.26 Å². The van der Waals surface area contributed by atoms with Gasteiger partial charge in [0.1, 0.15) is 5.76 Å². The van der Waals surface area contributed by atoms with Crippen molar-refractivity contribution < 1.29 is 9.21 Å². The maximum atomic E-state index is 12.2. The minimum Gasteiger partial charge on any atom is -0.469 e. The molecule has 2 heterocycles. The molecule has 0 radical (unpaired) electrons. The van der Waals surface area contributed by atoms with Crippen LogP contribution in [0.3, 0.4) is 0 Å². The Hall–Kier alpha value is -2.07. The van der Waals surface area contributed by atoms with Crippen LogP contribution in [0.2, 0.25) is 0 Å².